The number of carbonyl (C=O) groups excluding carboxylic acids is 1. The first-order valence-corrected chi connectivity index (χ1v) is 7.94. The second-order valence-corrected chi connectivity index (χ2v) is 5.85. The quantitative estimate of drug-likeness (QED) is 0.607. The summed E-state index contributed by atoms with van der Waals surface area (Å²) in [7, 11) is 0. The molecule has 23 heavy (non-hydrogen) atoms. The molecule has 2 rings (SSSR count). The van der Waals surface area contributed by atoms with Crippen LogP contribution in [0.2, 0.25) is 10.0 Å². The first kappa shape index (κ1) is 17.6. The number of ether oxygens (including phenoxy) is 1. The molecule has 0 heterocycles. The van der Waals surface area contributed by atoms with Crippen LogP contribution < -0.4 is 11.1 Å². The van der Waals surface area contributed by atoms with Crippen molar-refractivity contribution >= 4 is 34.8 Å². The lowest BCUT2D eigenvalue weighted by Crippen LogP contribution is -2.28. The van der Waals surface area contributed by atoms with Gasteiger partial charge in [-0.15, -0.1) is 0 Å². The first-order valence-electron chi connectivity index (χ1n) is 7.18. The number of amides is 1. The van der Waals surface area contributed by atoms with E-state index in [1.54, 1.807) is 0 Å². The maximum atomic E-state index is 12.1. The van der Waals surface area contributed by atoms with Gasteiger partial charge in [-0.1, -0.05) is 53.5 Å². The maximum Gasteiger partial charge on any atom is 0.254 e. The Bertz CT molecular complexity index is 655. The number of rotatable bonds is 6. The van der Waals surface area contributed by atoms with Crippen LogP contribution in [0.25, 0.3) is 0 Å². The average Bonchev–Trinajstić information content (AvgIpc) is 2.51. The van der Waals surface area contributed by atoms with E-state index in [1.807, 2.05) is 37.3 Å². The predicted molar refractivity (Wildman–Crippen MR) is 94.0 cm³/mol. The summed E-state index contributed by atoms with van der Waals surface area (Å²) < 4.78 is 5.69. The number of hydrogen-bond acceptors (Lipinski definition) is 3. The summed E-state index contributed by atoms with van der Waals surface area (Å²) in [6.07, 6.45) is -0.0446. The Morgan fingerprint density at radius 1 is 1.22 bits per heavy atom. The van der Waals surface area contributed by atoms with Crippen LogP contribution >= 0.6 is 23.2 Å². The Labute approximate surface area is 145 Å². The van der Waals surface area contributed by atoms with Crippen LogP contribution in [0, 0.1) is 0 Å². The minimum Gasteiger partial charge on any atom is -0.399 e. The molecule has 1 amide bonds. The van der Waals surface area contributed by atoms with Crippen LogP contribution in [-0.4, -0.2) is 19.1 Å². The largest absolute Gasteiger partial charge is 0.399 e. The summed E-state index contributed by atoms with van der Waals surface area (Å²) in [5.41, 5.74) is 7.34. The van der Waals surface area contributed by atoms with Gasteiger partial charge in [-0.2, -0.15) is 0 Å². The van der Waals surface area contributed by atoms with Gasteiger partial charge in [-0.3, -0.25) is 4.79 Å². The molecule has 122 valence electrons. The molecule has 6 heteroatoms. The number of nitrogen functional groups attached to an aromatic ring is 1. The summed E-state index contributed by atoms with van der Waals surface area (Å²) >= 11 is 12.0. The second-order valence-electron chi connectivity index (χ2n) is 5.04. The second kappa shape index (κ2) is 8.20. The fourth-order valence-corrected chi connectivity index (χ4v) is 2.79. The van der Waals surface area contributed by atoms with Gasteiger partial charge in [0.05, 0.1) is 28.3 Å². The highest BCUT2D eigenvalue weighted by atomic mass is 35.5. The maximum absolute atomic E-state index is 12.1. The smallest absolute Gasteiger partial charge is 0.254 e. The van der Waals surface area contributed by atoms with E-state index >= 15 is 0 Å². The Hall–Kier alpha value is -1.75. The Balaban J connectivity index is 1.84. The van der Waals surface area contributed by atoms with Gasteiger partial charge in [0.1, 0.15) is 0 Å². The number of anilines is 1. The zero-order chi connectivity index (χ0) is 16.8. The fourth-order valence-electron chi connectivity index (χ4n) is 2.12. The van der Waals surface area contributed by atoms with Crippen molar-refractivity contribution in [2.45, 2.75) is 13.0 Å². The van der Waals surface area contributed by atoms with Crippen LogP contribution in [-0.2, 0) is 4.74 Å². The van der Waals surface area contributed by atoms with Crippen molar-refractivity contribution in [1.82, 2.24) is 5.32 Å². The molecule has 0 saturated heterocycles. The predicted octanol–water partition coefficient (Wildman–Crippen LogP) is 4.08. The molecule has 4 nitrogen and oxygen atoms in total. The molecule has 0 saturated carbocycles. The van der Waals surface area contributed by atoms with E-state index in [0.29, 0.717) is 18.8 Å². The summed E-state index contributed by atoms with van der Waals surface area (Å²) in [5.74, 6) is -0.351. The Morgan fingerprint density at radius 2 is 1.83 bits per heavy atom. The fraction of sp³-hybridized carbons (Fsp3) is 0.235. The third-order valence-corrected chi connectivity index (χ3v) is 3.91. The third kappa shape index (κ3) is 4.86. The Morgan fingerprint density at radius 3 is 2.43 bits per heavy atom. The summed E-state index contributed by atoms with van der Waals surface area (Å²) in [6.45, 7) is 2.70. The molecular formula is C17H18Cl2N2O2. The van der Waals surface area contributed by atoms with E-state index in [2.05, 4.69) is 5.32 Å². The molecule has 0 aliphatic heterocycles. The highest BCUT2D eigenvalue weighted by Crippen LogP contribution is 2.27. The molecule has 0 radical (unpaired) electrons. The lowest BCUT2D eigenvalue weighted by molar-refractivity contribution is 0.0645. The highest BCUT2D eigenvalue weighted by molar-refractivity contribution is 6.40. The molecule has 3 N–H and O–H groups in total. The Kier molecular flexibility index (Phi) is 6.28. The summed E-state index contributed by atoms with van der Waals surface area (Å²) in [6, 6.07) is 12.9. The van der Waals surface area contributed by atoms with E-state index in [-0.39, 0.29) is 27.6 Å². The molecule has 0 aliphatic carbocycles. The topological polar surface area (TPSA) is 64.3 Å². The summed E-state index contributed by atoms with van der Waals surface area (Å²) in [5, 5.41) is 3.19. The van der Waals surface area contributed by atoms with E-state index in [9.17, 15) is 4.79 Å². The standard InChI is InChI=1S/C17H18Cl2N2O2/c1-11(12-5-3-2-4-6-12)23-8-7-21-17(22)16-14(18)9-13(20)10-15(16)19/h2-6,9-11H,7-8,20H2,1H3,(H,21,22)/t11-/m1/s1. The molecule has 0 bridgehead atoms. The first-order chi connectivity index (χ1) is 11.0. The molecule has 0 spiro atoms. The van der Waals surface area contributed by atoms with Gasteiger partial charge in [0.2, 0.25) is 0 Å². The molecule has 0 aliphatic rings. The minimum atomic E-state index is -0.351. The van der Waals surface area contributed by atoms with Crippen molar-refractivity contribution < 1.29 is 9.53 Å². The van der Waals surface area contributed by atoms with Gasteiger partial charge >= 0.3 is 0 Å². The molecule has 0 aromatic heterocycles. The third-order valence-electron chi connectivity index (χ3n) is 3.32. The number of carbonyl (C=O) groups is 1. The number of halogens is 2. The van der Waals surface area contributed by atoms with Crippen molar-refractivity contribution in [2.75, 3.05) is 18.9 Å². The number of benzene rings is 2. The van der Waals surface area contributed by atoms with Crippen LogP contribution in [0.4, 0.5) is 5.69 Å². The van der Waals surface area contributed by atoms with Gasteiger partial charge in [0.25, 0.3) is 5.91 Å². The molecular weight excluding hydrogens is 335 g/mol. The van der Waals surface area contributed by atoms with E-state index < -0.39 is 0 Å². The van der Waals surface area contributed by atoms with Crippen molar-refractivity contribution in [3.63, 3.8) is 0 Å². The zero-order valence-electron chi connectivity index (χ0n) is 12.7. The van der Waals surface area contributed by atoms with Crippen molar-refractivity contribution in [2.24, 2.45) is 0 Å². The van der Waals surface area contributed by atoms with Crippen molar-refractivity contribution in [3.05, 3.63) is 63.6 Å². The monoisotopic (exact) mass is 352 g/mol. The number of hydrogen-bond donors (Lipinski definition) is 2. The van der Waals surface area contributed by atoms with Crippen LogP contribution in [0.3, 0.4) is 0 Å². The van der Waals surface area contributed by atoms with Gasteiger partial charge < -0.3 is 15.8 Å². The molecule has 1 atom stereocenters. The molecule has 0 fully saturated rings. The van der Waals surface area contributed by atoms with Crippen molar-refractivity contribution in [3.8, 4) is 0 Å². The normalized spacial score (nSPS) is 12.0. The van der Waals surface area contributed by atoms with Crippen LogP contribution in [0.15, 0.2) is 42.5 Å². The van der Waals surface area contributed by atoms with Gasteiger partial charge in [0.15, 0.2) is 0 Å². The summed E-state index contributed by atoms with van der Waals surface area (Å²) in [4.78, 5) is 12.1. The van der Waals surface area contributed by atoms with E-state index in [1.165, 1.54) is 12.1 Å². The van der Waals surface area contributed by atoms with E-state index in [0.717, 1.165) is 5.56 Å². The molecule has 0 unspecified atom stereocenters. The average molecular weight is 353 g/mol. The number of nitrogens with two attached hydrogens (primary N) is 1. The highest BCUT2D eigenvalue weighted by Gasteiger charge is 2.15. The molecule has 2 aromatic rings. The van der Waals surface area contributed by atoms with Crippen LogP contribution in [0.5, 0.6) is 0 Å². The SMILES string of the molecule is C[C@@H](OCCNC(=O)c1c(Cl)cc(N)cc1Cl)c1ccccc1. The van der Waals surface area contributed by atoms with Crippen LogP contribution in [0.1, 0.15) is 28.9 Å². The van der Waals surface area contributed by atoms with Gasteiger partial charge in [0, 0.05) is 12.2 Å². The van der Waals surface area contributed by atoms with Gasteiger partial charge in [-0.05, 0) is 24.6 Å². The zero-order valence-corrected chi connectivity index (χ0v) is 14.2. The molecule has 2 aromatic carbocycles. The lowest BCUT2D eigenvalue weighted by Gasteiger charge is -2.14. The minimum absolute atomic E-state index is 0.0446. The van der Waals surface area contributed by atoms with Gasteiger partial charge in [-0.25, -0.2) is 0 Å². The lowest BCUT2D eigenvalue weighted by atomic mass is 10.1. The van der Waals surface area contributed by atoms with Crippen molar-refractivity contribution in [1.29, 1.82) is 0 Å². The number of nitrogens with one attached hydrogen (secondary N) is 1. The van der Waals surface area contributed by atoms with E-state index in [4.69, 9.17) is 33.7 Å².